The average molecular weight is 593 g/mol. The van der Waals surface area contributed by atoms with Gasteiger partial charge in [0.05, 0.1) is 18.4 Å². The van der Waals surface area contributed by atoms with Crippen molar-refractivity contribution in [3.63, 3.8) is 0 Å². The molecule has 6 rings (SSSR count). The normalized spacial score (nSPS) is 19.5. The monoisotopic (exact) mass is 592 g/mol. The van der Waals surface area contributed by atoms with Crippen LogP contribution in [-0.2, 0) is 17.5 Å². The third-order valence-electron chi connectivity index (χ3n) is 8.58. The number of nitrogens with two attached hydrogens (primary N) is 1. The summed E-state index contributed by atoms with van der Waals surface area (Å²) in [6.07, 6.45) is 3.28. The van der Waals surface area contributed by atoms with Crippen molar-refractivity contribution in [2.24, 2.45) is 5.92 Å². The highest BCUT2D eigenvalue weighted by Crippen LogP contribution is 2.38. The average Bonchev–Trinajstić information content (AvgIpc) is 3.76. The van der Waals surface area contributed by atoms with E-state index in [2.05, 4.69) is 20.3 Å². The van der Waals surface area contributed by atoms with E-state index in [9.17, 15) is 18.0 Å². The molecule has 4 N–H and O–H groups in total. The van der Waals surface area contributed by atoms with Crippen molar-refractivity contribution in [3.8, 4) is 11.3 Å². The summed E-state index contributed by atoms with van der Waals surface area (Å²) in [4.78, 5) is 26.0. The van der Waals surface area contributed by atoms with Crippen LogP contribution in [-0.4, -0.2) is 57.5 Å². The van der Waals surface area contributed by atoms with Crippen LogP contribution in [0.15, 0.2) is 60.9 Å². The Balaban J connectivity index is 1.19. The topological polar surface area (TPSA) is 109 Å². The molecule has 0 bridgehead atoms. The van der Waals surface area contributed by atoms with E-state index >= 15 is 0 Å². The van der Waals surface area contributed by atoms with Crippen molar-refractivity contribution < 1.29 is 22.7 Å². The van der Waals surface area contributed by atoms with E-state index in [4.69, 9.17) is 10.5 Å². The van der Waals surface area contributed by atoms with Gasteiger partial charge < -0.3 is 25.7 Å². The second-order valence-corrected chi connectivity index (χ2v) is 11.5. The molecule has 1 amide bonds. The zero-order chi connectivity index (χ0) is 30.0. The Hall–Kier alpha value is -3.96. The molecule has 2 aromatic carbocycles. The number of H-pyrrole nitrogens is 1. The van der Waals surface area contributed by atoms with Crippen LogP contribution in [0.3, 0.4) is 0 Å². The van der Waals surface area contributed by atoms with Crippen molar-refractivity contribution in [2.45, 2.75) is 57.0 Å². The summed E-state index contributed by atoms with van der Waals surface area (Å²) >= 11 is 0. The van der Waals surface area contributed by atoms with E-state index in [1.54, 1.807) is 18.2 Å². The van der Waals surface area contributed by atoms with Gasteiger partial charge in [0.2, 0.25) is 5.95 Å². The first-order chi connectivity index (χ1) is 20.8. The number of likely N-dealkylation sites (tertiary alicyclic amines) is 1. The Morgan fingerprint density at radius 1 is 1.12 bits per heavy atom. The number of nitrogen functional groups attached to an aromatic ring is 1. The lowest BCUT2D eigenvalue weighted by Gasteiger charge is -2.20. The molecular formula is C32H35F3N6O2. The molecule has 8 nitrogen and oxygen atoms in total. The number of ether oxygens (including phenoxy) is 1. The number of rotatable bonds is 9. The summed E-state index contributed by atoms with van der Waals surface area (Å²) in [5.41, 5.74) is 6.64. The SMILES string of the molecule is Nc1ncc(C(F)(F)F)c(-c2c[nH]c3cc(C(=O)N4C[C@H](CCNC5CCCC5)[C@@H](OCc5ccccc5)C4)ccc23)n1. The van der Waals surface area contributed by atoms with Gasteiger partial charge in [0.15, 0.2) is 0 Å². The van der Waals surface area contributed by atoms with E-state index in [0.29, 0.717) is 48.4 Å². The number of carbonyl (C=O) groups is 1. The molecule has 226 valence electrons. The minimum Gasteiger partial charge on any atom is -0.371 e. The van der Waals surface area contributed by atoms with Gasteiger partial charge in [-0.15, -0.1) is 0 Å². The zero-order valence-corrected chi connectivity index (χ0v) is 23.7. The number of alkyl halides is 3. The number of carbonyl (C=O) groups excluding carboxylic acids is 1. The van der Waals surface area contributed by atoms with Crippen LogP contribution in [0.2, 0.25) is 0 Å². The highest BCUT2D eigenvalue weighted by atomic mass is 19.4. The number of nitrogens with zero attached hydrogens (tertiary/aromatic N) is 3. The largest absolute Gasteiger partial charge is 0.419 e. The molecule has 2 aliphatic rings. The van der Waals surface area contributed by atoms with E-state index in [-0.39, 0.29) is 35.1 Å². The van der Waals surface area contributed by atoms with Gasteiger partial charge in [-0.25, -0.2) is 9.97 Å². The summed E-state index contributed by atoms with van der Waals surface area (Å²) < 4.78 is 47.4. The van der Waals surface area contributed by atoms with Crippen molar-refractivity contribution in [2.75, 3.05) is 25.4 Å². The first kappa shape index (κ1) is 29.1. The Bertz CT molecular complexity index is 1570. The second-order valence-electron chi connectivity index (χ2n) is 11.5. The summed E-state index contributed by atoms with van der Waals surface area (Å²) in [6, 6.07) is 15.5. The molecule has 0 unspecified atom stereocenters. The minimum atomic E-state index is -4.65. The fraction of sp³-hybridized carbons (Fsp3) is 0.406. The molecular weight excluding hydrogens is 557 g/mol. The van der Waals surface area contributed by atoms with Gasteiger partial charge in [-0.1, -0.05) is 49.2 Å². The number of benzene rings is 2. The number of nitrogens with one attached hydrogen (secondary N) is 2. The van der Waals surface area contributed by atoms with Crippen LogP contribution >= 0.6 is 0 Å². The van der Waals surface area contributed by atoms with E-state index < -0.39 is 11.7 Å². The van der Waals surface area contributed by atoms with E-state index in [1.165, 1.54) is 31.9 Å². The number of amides is 1. The van der Waals surface area contributed by atoms with Gasteiger partial charge in [-0.05, 0) is 43.5 Å². The number of hydrogen-bond donors (Lipinski definition) is 3. The van der Waals surface area contributed by atoms with Crippen LogP contribution in [0.1, 0.15) is 53.6 Å². The number of hydrogen-bond acceptors (Lipinski definition) is 6. The minimum absolute atomic E-state index is 0.0978. The Morgan fingerprint density at radius 2 is 1.91 bits per heavy atom. The summed E-state index contributed by atoms with van der Waals surface area (Å²) in [7, 11) is 0. The van der Waals surface area contributed by atoms with E-state index in [0.717, 1.165) is 18.5 Å². The van der Waals surface area contributed by atoms with Gasteiger partial charge in [-0.2, -0.15) is 13.2 Å². The molecule has 2 atom stereocenters. The predicted molar refractivity (Wildman–Crippen MR) is 158 cm³/mol. The number of anilines is 1. The Morgan fingerprint density at radius 3 is 2.67 bits per heavy atom. The molecule has 1 saturated heterocycles. The molecule has 1 aliphatic carbocycles. The number of aromatic nitrogens is 3. The third-order valence-corrected chi connectivity index (χ3v) is 8.58. The standard InChI is InChI=1S/C32H35F3N6O2/c33-32(34,35)26-16-39-31(36)40-29(26)25-15-38-27-14-21(10-11-24(25)27)30(42)41-17-22(12-13-37-23-8-4-5-9-23)28(18-41)43-19-20-6-2-1-3-7-20/h1-3,6-7,10-11,14-16,22-23,28,37-38H,4-5,8-9,12-13,17-19H2,(H2,36,39,40)/t22-,28-/m0/s1. The van der Waals surface area contributed by atoms with Gasteiger partial charge in [0, 0.05) is 59.5 Å². The van der Waals surface area contributed by atoms with Crippen LogP contribution in [0.25, 0.3) is 22.2 Å². The van der Waals surface area contributed by atoms with Crippen LogP contribution in [0, 0.1) is 5.92 Å². The lowest BCUT2D eigenvalue weighted by molar-refractivity contribution is -0.137. The zero-order valence-electron chi connectivity index (χ0n) is 23.7. The smallest absolute Gasteiger partial charge is 0.371 e. The van der Waals surface area contributed by atoms with Crippen LogP contribution in [0.4, 0.5) is 19.1 Å². The first-order valence-corrected chi connectivity index (χ1v) is 14.8. The molecule has 1 saturated carbocycles. The first-order valence-electron chi connectivity index (χ1n) is 14.8. The van der Waals surface area contributed by atoms with Gasteiger partial charge >= 0.3 is 6.18 Å². The van der Waals surface area contributed by atoms with Gasteiger partial charge in [0.25, 0.3) is 5.91 Å². The molecule has 3 heterocycles. The highest BCUT2D eigenvalue weighted by molar-refractivity contribution is 6.02. The molecule has 0 radical (unpaired) electrons. The molecule has 43 heavy (non-hydrogen) atoms. The number of fused-ring (bicyclic) bond motifs is 1. The third kappa shape index (κ3) is 6.52. The van der Waals surface area contributed by atoms with Gasteiger partial charge in [0.1, 0.15) is 5.56 Å². The molecule has 11 heteroatoms. The van der Waals surface area contributed by atoms with Crippen LogP contribution < -0.4 is 11.1 Å². The van der Waals surface area contributed by atoms with Gasteiger partial charge in [-0.3, -0.25) is 4.79 Å². The maximum Gasteiger partial charge on any atom is 0.419 e. The fourth-order valence-corrected chi connectivity index (χ4v) is 6.30. The predicted octanol–water partition coefficient (Wildman–Crippen LogP) is 5.81. The highest BCUT2D eigenvalue weighted by Gasteiger charge is 2.37. The van der Waals surface area contributed by atoms with Crippen molar-refractivity contribution in [1.82, 2.24) is 25.2 Å². The molecule has 1 aliphatic heterocycles. The van der Waals surface area contributed by atoms with Crippen LogP contribution in [0.5, 0.6) is 0 Å². The lowest BCUT2D eigenvalue weighted by atomic mass is 10.0. The molecule has 2 fully saturated rings. The molecule has 2 aromatic heterocycles. The van der Waals surface area contributed by atoms with E-state index in [1.807, 2.05) is 35.2 Å². The number of halogens is 3. The Kier molecular flexibility index (Phi) is 8.36. The van der Waals surface area contributed by atoms with Crippen molar-refractivity contribution in [3.05, 3.63) is 77.6 Å². The number of aromatic amines is 1. The molecule has 4 aromatic rings. The quantitative estimate of drug-likeness (QED) is 0.227. The summed E-state index contributed by atoms with van der Waals surface area (Å²) in [5, 5.41) is 4.18. The summed E-state index contributed by atoms with van der Waals surface area (Å²) in [6.45, 7) is 2.41. The second kappa shape index (κ2) is 12.3. The summed E-state index contributed by atoms with van der Waals surface area (Å²) in [5.74, 6) is -0.207. The fourth-order valence-electron chi connectivity index (χ4n) is 6.30. The van der Waals surface area contributed by atoms with Crippen molar-refractivity contribution >= 4 is 22.8 Å². The van der Waals surface area contributed by atoms with Crippen molar-refractivity contribution in [1.29, 1.82) is 0 Å². The molecule has 0 spiro atoms. The maximum atomic E-state index is 13.7. The Labute approximate surface area is 247 Å². The lowest BCUT2D eigenvalue weighted by Crippen LogP contribution is -2.31. The maximum absolute atomic E-state index is 13.7.